The zero-order valence-corrected chi connectivity index (χ0v) is 14.2. The van der Waals surface area contributed by atoms with E-state index in [0.717, 1.165) is 37.3 Å². The molecule has 1 unspecified atom stereocenters. The maximum atomic E-state index is 12.9. The minimum absolute atomic E-state index is 0.0542. The Bertz CT molecular complexity index is 712. The summed E-state index contributed by atoms with van der Waals surface area (Å²) in [5, 5.41) is 8.16. The molecule has 2 aromatic rings. The molecule has 23 heavy (non-hydrogen) atoms. The van der Waals surface area contributed by atoms with Gasteiger partial charge in [-0.25, -0.2) is 4.68 Å². The molecule has 0 aliphatic carbocycles. The lowest BCUT2D eigenvalue weighted by atomic mass is 10.2. The first-order chi connectivity index (χ1) is 11.1. The molecule has 3 rings (SSSR count). The van der Waals surface area contributed by atoms with Gasteiger partial charge in [-0.1, -0.05) is 23.7 Å². The molecule has 5 nitrogen and oxygen atoms in total. The number of likely N-dealkylation sites (N-methyl/N-ethyl adjacent to an activating group) is 1. The SMILES string of the molecule is CNCC1CCCN1C(=O)c1cnn(-c2ccccc2Cl)c1C. The third kappa shape index (κ3) is 2.99. The van der Waals surface area contributed by atoms with Gasteiger partial charge >= 0.3 is 0 Å². The van der Waals surface area contributed by atoms with E-state index < -0.39 is 0 Å². The Morgan fingerprint density at radius 3 is 2.96 bits per heavy atom. The number of carbonyl (C=O) groups is 1. The standard InChI is InChI=1S/C17H21ClN4O/c1-12-14(17(23)21-9-5-6-13(21)10-19-2)11-20-22(12)16-8-4-3-7-15(16)18/h3-4,7-8,11,13,19H,5-6,9-10H2,1-2H3. The molecule has 1 aliphatic heterocycles. The topological polar surface area (TPSA) is 50.2 Å². The van der Waals surface area contributed by atoms with Gasteiger partial charge in [0.05, 0.1) is 28.2 Å². The number of nitrogens with one attached hydrogen (secondary N) is 1. The minimum Gasteiger partial charge on any atom is -0.334 e. The average molecular weight is 333 g/mol. The molecule has 0 bridgehead atoms. The summed E-state index contributed by atoms with van der Waals surface area (Å²) < 4.78 is 1.73. The van der Waals surface area contributed by atoms with E-state index in [1.54, 1.807) is 10.9 Å². The van der Waals surface area contributed by atoms with Crippen LogP contribution in [0.5, 0.6) is 0 Å². The van der Waals surface area contributed by atoms with Crippen LogP contribution in [0.1, 0.15) is 28.9 Å². The van der Waals surface area contributed by atoms with E-state index in [1.165, 1.54) is 0 Å². The normalized spacial score (nSPS) is 17.7. The van der Waals surface area contributed by atoms with Gasteiger partial charge in [0.1, 0.15) is 0 Å². The maximum absolute atomic E-state index is 12.9. The summed E-state index contributed by atoms with van der Waals surface area (Å²) in [4.78, 5) is 14.9. The number of benzene rings is 1. The zero-order chi connectivity index (χ0) is 16.4. The van der Waals surface area contributed by atoms with Crippen molar-refractivity contribution < 1.29 is 4.79 Å². The van der Waals surface area contributed by atoms with E-state index in [4.69, 9.17) is 11.6 Å². The second-order valence-corrected chi connectivity index (χ2v) is 6.27. The largest absolute Gasteiger partial charge is 0.334 e. The average Bonchev–Trinajstić information content (AvgIpc) is 3.15. The van der Waals surface area contributed by atoms with Gasteiger partial charge < -0.3 is 10.2 Å². The predicted octanol–water partition coefficient (Wildman–Crippen LogP) is 2.66. The molecule has 1 amide bonds. The molecule has 1 aliphatic rings. The molecular formula is C17H21ClN4O. The fourth-order valence-corrected chi connectivity index (χ4v) is 3.41. The van der Waals surface area contributed by atoms with Gasteiger partial charge in [-0.2, -0.15) is 5.10 Å². The Morgan fingerprint density at radius 1 is 1.43 bits per heavy atom. The number of hydrogen-bond donors (Lipinski definition) is 1. The van der Waals surface area contributed by atoms with Crippen molar-refractivity contribution >= 4 is 17.5 Å². The fourth-order valence-electron chi connectivity index (χ4n) is 3.19. The van der Waals surface area contributed by atoms with Crippen LogP contribution < -0.4 is 5.32 Å². The highest BCUT2D eigenvalue weighted by Gasteiger charge is 2.30. The summed E-state index contributed by atoms with van der Waals surface area (Å²) in [6.07, 6.45) is 3.75. The van der Waals surface area contributed by atoms with E-state index in [1.807, 2.05) is 43.1 Å². The Kier molecular flexibility index (Phi) is 4.68. The first-order valence-corrected chi connectivity index (χ1v) is 8.26. The van der Waals surface area contributed by atoms with Crippen LogP contribution >= 0.6 is 11.6 Å². The van der Waals surface area contributed by atoms with Crippen molar-refractivity contribution in [2.24, 2.45) is 0 Å². The molecule has 1 aromatic carbocycles. The lowest BCUT2D eigenvalue weighted by Gasteiger charge is -2.24. The highest BCUT2D eigenvalue weighted by atomic mass is 35.5. The number of para-hydroxylation sites is 1. The van der Waals surface area contributed by atoms with Gasteiger partial charge in [0.25, 0.3) is 5.91 Å². The van der Waals surface area contributed by atoms with Gasteiger partial charge in [-0.15, -0.1) is 0 Å². The minimum atomic E-state index is 0.0542. The van der Waals surface area contributed by atoms with E-state index in [0.29, 0.717) is 10.6 Å². The van der Waals surface area contributed by atoms with Crippen LogP contribution in [-0.4, -0.2) is 46.8 Å². The molecule has 1 saturated heterocycles. The number of halogens is 1. The van der Waals surface area contributed by atoms with Gasteiger partial charge in [0, 0.05) is 19.1 Å². The van der Waals surface area contributed by atoms with E-state index >= 15 is 0 Å². The molecule has 0 saturated carbocycles. The van der Waals surface area contributed by atoms with Crippen molar-refractivity contribution in [1.29, 1.82) is 0 Å². The number of likely N-dealkylation sites (tertiary alicyclic amines) is 1. The van der Waals surface area contributed by atoms with Gasteiger partial charge in [-0.05, 0) is 38.9 Å². The highest BCUT2D eigenvalue weighted by molar-refractivity contribution is 6.32. The van der Waals surface area contributed by atoms with Crippen LogP contribution in [0.25, 0.3) is 5.69 Å². The smallest absolute Gasteiger partial charge is 0.257 e. The van der Waals surface area contributed by atoms with Crippen molar-refractivity contribution in [2.75, 3.05) is 20.1 Å². The summed E-state index contributed by atoms with van der Waals surface area (Å²) in [6.45, 7) is 3.54. The molecule has 1 fully saturated rings. The first kappa shape index (κ1) is 16.0. The van der Waals surface area contributed by atoms with Crippen LogP contribution in [-0.2, 0) is 0 Å². The van der Waals surface area contributed by atoms with Gasteiger partial charge in [0.2, 0.25) is 0 Å². The summed E-state index contributed by atoms with van der Waals surface area (Å²) in [7, 11) is 1.92. The van der Waals surface area contributed by atoms with E-state index in [-0.39, 0.29) is 11.9 Å². The number of aromatic nitrogens is 2. The van der Waals surface area contributed by atoms with Crippen molar-refractivity contribution in [3.05, 3.63) is 46.7 Å². The van der Waals surface area contributed by atoms with Crippen molar-refractivity contribution in [3.63, 3.8) is 0 Å². The summed E-state index contributed by atoms with van der Waals surface area (Å²) in [5.41, 5.74) is 2.25. The number of rotatable bonds is 4. The molecule has 0 radical (unpaired) electrons. The molecule has 1 N–H and O–H groups in total. The lowest BCUT2D eigenvalue weighted by Crippen LogP contribution is -2.41. The molecule has 6 heteroatoms. The predicted molar refractivity (Wildman–Crippen MR) is 91.3 cm³/mol. The van der Waals surface area contributed by atoms with Crippen LogP contribution in [0.15, 0.2) is 30.5 Å². The van der Waals surface area contributed by atoms with Crippen molar-refractivity contribution in [1.82, 2.24) is 20.0 Å². The van der Waals surface area contributed by atoms with Gasteiger partial charge in [0.15, 0.2) is 0 Å². The molecule has 1 aromatic heterocycles. The Balaban J connectivity index is 1.90. The van der Waals surface area contributed by atoms with Crippen LogP contribution in [0, 0.1) is 6.92 Å². The molecule has 122 valence electrons. The molecule has 1 atom stereocenters. The number of carbonyl (C=O) groups excluding carboxylic acids is 1. The molecule has 2 heterocycles. The van der Waals surface area contributed by atoms with Crippen LogP contribution in [0.3, 0.4) is 0 Å². The second-order valence-electron chi connectivity index (χ2n) is 5.86. The van der Waals surface area contributed by atoms with E-state index in [2.05, 4.69) is 10.4 Å². The summed E-state index contributed by atoms with van der Waals surface area (Å²) >= 11 is 6.25. The van der Waals surface area contributed by atoms with Crippen molar-refractivity contribution in [2.45, 2.75) is 25.8 Å². The third-order valence-electron chi connectivity index (χ3n) is 4.40. The Morgan fingerprint density at radius 2 is 2.22 bits per heavy atom. The number of amides is 1. The summed E-state index contributed by atoms with van der Waals surface area (Å²) in [6, 6.07) is 7.77. The quantitative estimate of drug-likeness (QED) is 0.936. The monoisotopic (exact) mass is 332 g/mol. The highest BCUT2D eigenvalue weighted by Crippen LogP contribution is 2.25. The maximum Gasteiger partial charge on any atom is 0.257 e. The van der Waals surface area contributed by atoms with Gasteiger partial charge in [-0.3, -0.25) is 4.79 Å². The van der Waals surface area contributed by atoms with Crippen molar-refractivity contribution in [3.8, 4) is 5.69 Å². The molecule has 0 spiro atoms. The van der Waals surface area contributed by atoms with Crippen LogP contribution in [0.2, 0.25) is 5.02 Å². The lowest BCUT2D eigenvalue weighted by molar-refractivity contribution is 0.0736. The molecular weight excluding hydrogens is 312 g/mol. The summed E-state index contributed by atoms with van der Waals surface area (Å²) in [5.74, 6) is 0.0542. The Labute approximate surface area is 141 Å². The fraction of sp³-hybridized carbons (Fsp3) is 0.412. The number of hydrogen-bond acceptors (Lipinski definition) is 3. The number of nitrogens with zero attached hydrogens (tertiary/aromatic N) is 3. The van der Waals surface area contributed by atoms with E-state index in [9.17, 15) is 4.79 Å². The Hall–Kier alpha value is -1.85. The zero-order valence-electron chi connectivity index (χ0n) is 13.4. The third-order valence-corrected chi connectivity index (χ3v) is 4.72. The second kappa shape index (κ2) is 6.72. The first-order valence-electron chi connectivity index (χ1n) is 7.88. The van der Waals surface area contributed by atoms with Crippen LogP contribution in [0.4, 0.5) is 0 Å².